The van der Waals surface area contributed by atoms with Crippen LogP contribution in [0, 0.1) is 0 Å². The molecular formula is C13H16ClN3OS. The molecule has 0 spiro atoms. The molecule has 0 bridgehead atoms. The Kier molecular flexibility index (Phi) is 5.01. The summed E-state index contributed by atoms with van der Waals surface area (Å²) in [6, 6.07) is 7.37. The van der Waals surface area contributed by atoms with Crippen molar-refractivity contribution in [2.24, 2.45) is 0 Å². The van der Waals surface area contributed by atoms with E-state index in [2.05, 4.69) is 9.88 Å². The third kappa shape index (κ3) is 4.70. The molecule has 6 heteroatoms. The van der Waals surface area contributed by atoms with Gasteiger partial charge in [-0.25, -0.2) is 4.98 Å². The third-order valence-electron chi connectivity index (χ3n) is 2.55. The summed E-state index contributed by atoms with van der Waals surface area (Å²) in [6.45, 7) is 2.30. The lowest BCUT2D eigenvalue weighted by Crippen LogP contribution is -2.23. The highest BCUT2D eigenvalue weighted by Gasteiger charge is 2.04. The van der Waals surface area contributed by atoms with Crippen LogP contribution < -0.4 is 10.5 Å². The summed E-state index contributed by atoms with van der Waals surface area (Å²) in [5.41, 5.74) is 5.60. The monoisotopic (exact) mass is 297 g/mol. The molecule has 0 fully saturated rings. The highest BCUT2D eigenvalue weighted by molar-refractivity contribution is 7.15. The van der Waals surface area contributed by atoms with E-state index in [9.17, 15) is 0 Å². The van der Waals surface area contributed by atoms with Crippen molar-refractivity contribution in [1.29, 1.82) is 0 Å². The van der Waals surface area contributed by atoms with Crippen LogP contribution in [0.4, 0.5) is 5.13 Å². The number of ether oxygens (including phenoxy) is 1. The topological polar surface area (TPSA) is 51.4 Å². The van der Waals surface area contributed by atoms with Crippen molar-refractivity contribution in [3.8, 4) is 5.75 Å². The Bertz CT molecular complexity index is 515. The molecule has 0 unspecified atom stereocenters. The first-order valence-corrected chi connectivity index (χ1v) is 7.10. The van der Waals surface area contributed by atoms with Crippen molar-refractivity contribution in [3.05, 3.63) is 40.4 Å². The average Bonchev–Trinajstić information content (AvgIpc) is 2.77. The Morgan fingerprint density at radius 2 is 2.11 bits per heavy atom. The number of benzene rings is 1. The molecule has 0 radical (unpaired) electrons. The summed E-state index contributed by atoms with van der Waals surface area (Å²) in [7, 11) is 2.04. The van der Waals surface area contributed by atoms with Crippen molar-refractivity contribution in [2.75, 3.05) is 25.9 Å². The van der Waals surface area contributed by atoms with Gasteiger partial charge in [-0.2, -0.15) is 0 Å². The van der Waals surface area contributed by atoms with Gasteiger partial charge in [-0.1, -0.05) is 11.6 Å². The molecule has 0 aliphatic rings. The standard InChI is InChI=1S/C13H16ClN3OS/c1-17(9-12-8-16-13(15)19-12)6-7-18-11-4-2-10(14)3-5-11/h2-5,8H,6-7,9H2,1H3,(H2,15,16). The number of likely N-dealkylation sites (N-methyl/N-ethyl adjacent to an activating group) is 1. The maximum absolute atomic E-state index is 5.81. The van der Waals surface area contributed by atoms with Crippen LogP contribution in [-0.2, 0) is 6.54 Å². The Morgan fingerprint density at radius 3 is 2.74 bits per heavy atom. The van der Waals surface area contributed by atoms with Gasteiger partial charge in [0.15, 0.2) is 5.13 Å². The van der Waals surface area contributed by atoms with Gasteiger partial charge in [-0.15, -0.1) is 11.3 Å². The quantitative estimate of drug-likeness (QED) is 0.891. The van der Waals surface area contributed by atoms with E-state index >= 15 is 0 Å². The lowest BCUT2D eigenvalue weighted by atomic mass is 10.3. The second-order valence-electron chi connectivity index (χ2n) is 4.20. The van der Waals surface area contributed by atoms with Gasteiger partial charge in [-0.05, 0) is 31.3 Å². The van der Waals surface area contributed by atoms with Crippen molar-refractivity contribution >= 4 is 28.1 Å². The molecule has 0 saturated heterocycles. The summed E-state index contributed by atoms with van der Waals surface area (Å²) in [5.74, 6) is 0.833. The number of halogens is 1. The first kappa shape index (κ1) is 14.1. The zero-order valence-electron chi connectivity index (χ0n) is 10.7. The Balaban J connectivity index is 1.71. The van der Waals surface area contributed by atoms with Crippen molar-refractivity contribution in [3.63, 3.8) is 0 Å². The minimum absolute atomic E-state index is 0.612. The number of thiazole rings is 1. The third-order valence-corrected chi connectivity index (χ3v) is 3.62. The molecule has 0 aliphatic carbocycles. The second kappa shape index (κ2) is 6.75. The zero-order valence-corrected chi connectivity index (χ0v) is 12.2. The van der Waals surface area contributed by atoms with Crippen molar-refractivity contribution in [2.45, 2.75) is 6.54 Å². The molecule has 2 aromatic rings. The number of hydrogen-bond acceptors (Lipinski definition) is 5. The Labute approximate surface area is 121 Å². The highest BCUT2D eigenvalue weighted by Crippen LogP contribution is 2.17. The van der Waals surface area contributed by atoms with Crippen molar-refractivity contribution < 1.29 is 4.74 Å². The van der Waals surface area contributed by atoms with Gasteiger partial charge in [0.1, 0.15) is 12.4 Å². The molecule has 2 rings (SSSR count). The van der Waals surface area contributed by atoms with Crippen LogP contribution in [0.25, 0.3) is 0 Å². The normalized spacial score (nSPS) is 10.9. The summed E-state index contributed by atoms with van der Waals surface area (Å²) in [6.07, 6.45) is 1.82. The molecule has 0 amide bonds. The number of nitrogen functional groups attached to an aromatic ring is 1. The van der Waals surface area contributed by atoms with Crippen LogP contribution in [0.15, 0.2) is 30.5 Å². The summed E-state index contributed by atoms with van der Waals surface area (Å²) >= 11 is 7.33. The molecule has 0 aliphatic heterocycles. The van der Waals surface area contributed by atoms with Crippen LogP contribution in [0.2, 0.25) is 5.02 Å². The number of aromatic nitrogens is 1. The maximum Gasteiger partial charge on any atom is 0.180 e. The van der Waals surface area contributed by atoms with Gasteiger partial charge in [0.25, 0.3) is 0 Å². The fourth-order valence-electron chi connectivity index (χ4n) is 1.59. The minimum atomic E-state index is 0.612. The number of anilines is 1. The molecule has 4 nitrogen and oxygen atoms in total. The molecule has 19 heavy (non-hydrogen) atoms. The van der Waals surface area contributed by atoms with E-state index in [-0.39, 0.29) is 0 Å². The Morgan fingerprint density at radius 1 is 1.37 bits per heavy atom. The number of nitrogens with two attached hydrogens (primary N) is 1. The van der Waals surface area contributed by atoms with Crippen LogP contribution >= 0.6 is 22.9 Å². The first-order chi connectivity index (χ1) is 9.13. The molecule has 0 atom stereocenters. The molecule has 1 heterocycles. The molecule has 0 saturated carbocycles. The van der Waals surface area contributed by atoms with Gasteiger partial charge in [0, 0.05) is 29.2 Å². The lowest BCUT2D eigenvalue weighted by Gasteiger charge is -2.15. The SMILES string of the molecule is CN(CCOc1ccc(Cl)cc1)Cc1cnc(N)s1. The second-order valence-corrected chi connectivity index (χ2v) is 5.79. The first-order valence-electron chi connectivity index (χ1n) is 5.90. The van der Waals surface area contributed by atoms with E-state index in [1.54, 1.807) is 0 Å². The van der Waals surface area contributed by atoms with E-state index in [0.717, 1.165) is 23.7 Å². The van der Waals surface area contributed by atoms with E-state index in [1.165, 1.54) is 11.3 Å². The smallest absolute Gasteiger partial charge is 0.180 e. The van der Waals surface area contributed by atoms with Gasteiger partial charge >= 0.3 is 0 Å². The van der Waals surface area contributed by atoms with Gasteiger partial charge in [0.05, 0.1) is 0 Å². The summed E-state index contributed by atoms with van der Waals surface area (Å²) < 4.78 is 5.64. The molecular weight excluding hydrogens is 282 g/mol. The van der Waals surface area contributed by atoms with Crippen LogP contribution in [-0.4, -0.2) is 30.1 Å². The predicted octanol–water partition coefficient (Wildman–Crippen LogP) is 2.89. The molecule has 102 valence electrons. The van der Waals surface area contributed by atoms with E-state index < -0.39 is 0 Å². The molecule has 2 N–H and O–H groups in total. The van der Waals surface area contributed by atoms with E-state index in [4.69, 9.17) is 22.1 Å². The predicted molar refractivity (Wildman–Crippen MR) is 79.8 cm³/mol. The zero-order chi connectivity index (χ0) is 13.7. The number of nitrogens with zero attached hydrogens (tertiary/aromatic N) is 2. The highest BCUT2D eigenvalue weighted by atomic mass is 35.5. The van der Waals surface area contributed by atoms with E-state index in [1.807, 2.05) is 37.5 Å². The number of rotatable bonds is 6. The fraction of sp³-hybridized carbons (Fsp3) is 0.308. The van der Waals surface area contributed by atoms with Crippen LogP contribution in [0.1, 0.15) is 4.88 Å². The number of hydrogen-bond donors (Lipinski definition) is 1. The van der Waals surface area contributed by atoms with Crippen molar-refractivity contribution in [1.82, 2.24) is 9.88 Å². The maximum atomic E-state index is 5.81. The summed E-state index contributed by atoms with van der Waals surface area (Å²) in [5, 5.41) is 1.33. The lowest BCUT2D eigenvalue weighted by molar-refractivity contribution is 0.234. The minimum Gasteiger partial charge on any atom is -0.492 e. The fourth-order valence-corrected chi connectivity index (χ4v) is 2.48. The van der Waals surface area contributed by atoms with Crippen LogP contribution in [0.3, 0.4) is 0 Å². The van der Waals surface area contributed by atoms with Gasteiger partial charge < -0.3 is 10.5 Å². The van der Waals surface area contributed by atoms with Crippen LogP contribution in [0.5, 0.6) is 5.75 Å². The Hall–Kier alpha value is -1.30. The van der Waals surface area contributed by atoms with Gasteiger partial charge in [-0.3, -0.25) is 4.90 Å². The largest absolute Gasteiger partial charge is 0.492 e. The summed E-state index contributed by atoms with van der Waals surface area (Å²) in [4.78, 5) is 7.36. The molecule has 1 aromatic carbocycles. The van der Waals surface area contributed by atoms with Gasteiger partial charge in [0.2, 0.25) is 0 Å². The molecule has 1 aromatic heterocycles. The van der Waals surface area contributed by atoms with E-state index in [0.29, 0.717) is 16.8 Å². The average molecular weight is 298 g/mol.